The Morgan fingerprint density at radius 3 is 2.57 bits per heavy atom. The van der Waals surface area contributed by atoms with Crippen LogP contribution in [0.1, 0.15) is 18.5 Å². The maximum atomic E-state index is 13.2. The number of hydrogen-bond donors (Lipinski definition) is 2. The molecule has 4 rings (SSSR count). The molecule has 0 saturated heterocycles. The fraction of sp³-hybridized carbons (Fsp3) is 0.150. The van der Waals surface area contributed by atoms with Gasteiger partial charge in [0, 0.05) is 16.4 Å². The van der Waals surface area contributed by atoms with Gasteiger partial charge in [-0.15, -0.1) is 5.10 Å². The number of halogens is 1. The van der Waals surface area contributed by atoms with E-state index in [-0.39, 0.29) is 5.91 Å². The van der Waals surface area contributed by atoms with E-state index in [1.165, 1.54) is 11.8 Å². The maximum Gasteiger partial charge on any atom is 0.255 e. The van der Waals surface area contributed by atoms with E-state index >= 15 is 0 Å². The fourth-order valence-electron chi connectivity index (χ4n) is 3.19. The van der Waals surface area contributed by atoms with Gasteiger partial charge in [0.1, 0.15) is 6.04 Å². The molecule has 0 bridgehead atoms. The summed E-state index contributed by atoms with van der Waals surface area (Å²) in [5, 5.41) is 12.0. The average molecular weight is 412 g/mol. The summed E-state index contributed by atoms with van der Waals surface area (Å²) in [6, 6.07) is 16.4. The van der Waals surface area contributed by atoms with Gasteiger partial charge in [-0.25, -0.2) is 4.68 Å². The van der Waals surface area contributed by atoms with E-state index in [1.807, 2.05) is 67.8 Å². The van der Waals surface area contributed by atoms with Crippen LogP contribution < -0.4 is 10.6 Å². The van der Waals surface area contributed by atoms with Crippen molar-refractivity contribution < 1.29 is 4.79 Å². The highest BCUT2D eigenvalue weighted by atomic mass is 35.5. The largest absolute Gasteiger partial charge is 0.328 e. The van der Waals surface area contributed by atoms with Gasteiger partial charge in [-0.05, 0) is 43.0 Å². The quantitative estimate of drug-likeness (QED) is 0.615. The van der Waals surface area contributed by atoms with Gasteiger partial charge in [0.15, 0.2) is 0 Å². The molecule has 0 unspecified atom stereocenters. The topological polar surface area (TPSA) is 71.8 Å². The Hall–Kier alpha value is -2.77. The maximum absolute atomic E-state index is 13.2. The minimum atomic E-state index is -0.411. The van der Waals surface area contributed by atoms with E-state index in [1.54, 1.807) is 4.68 Å². The monoisotopic (exact) mass is 411 g/mol. The summed E-state index contributed by atoms with van der Waals surface area (Å²) in [6.45, 7) is 1.87. The second-order valence-corrected chi connectivity index (χ2v) is 7.51. The first kappa shape index (κ1) is 18.6. The number of carbonyl (C=O) groups is 1. The molecule has 1 aromatic heterocycles. The first-order valence-electron chi connectivity index (χ1n) is 8.67. The Morgan fingerprint density at radius 2 is 1.89 bits per heavy atom. The number of carbonyl (C=O) groups excluding carboxylic acids is 1. The fourth-order valence-corrected chi connectivity index (χ4v) is 3.66. The van der Waals surface area contributed by atoms with E-state index in [4.69, 9.17) is 11.6 Å². The van der Waals surface area contributed by atoms with Crippen molar-refractivity contribution >= 4 is 40.9 Å². The van der Waals surface area contributed by atoms with E-state index in [0.717, 1.165) is 16.9 Å². The molecule has 6 nitrogen and oxygen atoms in total. The van der Waals surface area contributed by atoms with Crippen molar-refractivity contribution in [2.24, 2.45) is 0 Å². The predicted octanol–water partition coefficient (Wildman–Crippen LogP) is 4.58. The van der Waals surface area contributed by atoms with E-state index in [2.05, 4.69) is 20.7 Å². The number of nitrogens with one attached hydrogen (secondary N) is 2. The summed E-state index contributed by atoms with van der Waals surface area (Å²) < 4.78 is 1.75. The number of allylic oxidation sites excluding steroid dienone is 1. The minimum absolute atomic E-state index is 0.192. The zero-order valence-electron chi connectivity index (χ0n) is 15.3. The van der Waals surface area contributed by atoms with Crippen LogP contribution in [-0.4, -0.2) is 26.9 Å². The molecular formula is C20H18ClN5OS. The molecule has 1 aliphatic heterocycles. The number of anilines is 2. The van der Waals surface area contributed by atoms with Gasteiger partial charge >= 0.3 is 0 Å². The van der Waals surface area contributed by atoms with Crippen molar-refractivity contribution in [3.05, 3.63) is 76.5 Å². The molecule has 0 radical (unpaired) electrons. The number of para-hydroxylation sites is 1. The molecule has 1 aliphatic rings. The highest BCUT2D eigenvalue weighted by Crippen LogP contribution is 2.36. The number of rotatable bonds is 4. The SMILES string of the molecule is CSc1nc2n(n1)[C@H](c1ccc(Cl)cc1)C(C(=O)Nc1ccccc1)=C(C)N2. The number of fused-ring (bicyclic) bond motifs is 1. The normalized spacial score (nSPS) is 15.8. The molecule has 2 heterocycles. The van der Waals surface area contributed by atoms with Crippen LogP contribution in [0, 0.1) is 0 Å². The molecule has 8 heteroatoms. The summed E-state index contributed by atoms with van der Waals surface area (Å²) in [5.74, 6) is 0.418. The van der Waals surface area contributed by atoms with Crippen LogP contribution in [0.5, 0.6) is 0 Å². The number of benzene rings is 2. The molecule has 28 heavy (non-hydrogen) atoms. The Morgan fingerprint density at radius 1 is 1.18 bits per heavy atom. The Labute approximate surface area is 172 Å². The van der Waals surface area contributed by atoms with Crippen LogP contribution in [-0.2, 0) is 4.79 Å². The average Bonchev–Trinajstić information content (AvgIpc) is 3.11. The van der Waals surface area contributed by atoms with Gasteiger partial charge in [0.2, 0.25) is 11.1 Å². The van der Waals surface area contributed by atoms with E-state index in [9.17, 15) is 4.79 Å². The molecule has 0 fully saturated rings. The molecule has 0 saturated carbocycles. The first-order valence-corrected chi connectivity index (χ1v) is 10.3. The van der Waals surface area contributed by atoms with Gasteiger partial charge in [0.05, 0.1) is 5.57 Å². The van der Waals surface area contributed by atoms with E-state index in [0.29, 0.717) is 21.7 Å². The van der Waals surface area contributed by atoms with E-state index < -0.39 is 6.04 Å². The second kappa shape index (κ2) is 7.69. The molecule has 1 atom stereocenters. The Bertz CT molecular complexity index is 1050. The third-order valence-corrected chi connectivity index (χ3v) is 5.27. The molecule has 2 N–H and O–H groups in total. The molecule has 1 amide bonds. The summed E-state index contributed by atoms with van der Waals surface area (Å²) in [7, 11) is 0. The smallest absolute Gasteiger partial charge is 0.255 e. The molecular weight excluding hydrogens is 394 g/mol. The lowest BCUT2D eigenvalue weighted by atomic mass is 9.95. The molecule has 0 aliphatic carbocycles. The zero-order valence-corrected chi connectivity index (χ0v) is 16.9. The van der Waals surface area contributed by atoms with Gasteiger partial charge in [0.25, 0.3) is 5.91 Å². The van der Waals surface area contributed by atoms with Gasteiger partial charge in [-0.3, -0.25) is 4.79 Å². The number of nitrogens with zero attached hydrogens (tertiary/aromatic N) is 3. The van der Waals surface area contributed by atoms with Crippen molar-refractivity contribution in [1.29, 1.82) is 0 Å². The minimum Gasteiger partial charge on any atom is -0.328 e. The molecule has 2 aromatic carbocycles. The van der Waals surface area contributed by atoms with Crippen molar-refractivity contribution in [3.63, 3.8) is 0 Å². The first-order chi connectivity index (χ1) is 13.6. The lowest BCUT2D eigenvalue weighted by Gasteiger charge is -2.28. The highest BCUT2D eigenvalue weighted by molar-refractivity contribution is 7.98. The van der Waals surface area contributed by atoms with Gasteiger partial charge in [-0.1, -0.05) is 53.7 Å². The lowest BCUT2D eigenvalue weighted by molar-refractivity contribution is -0.113. The van der Waals surface area contributed by atoms with Gasteiger partial charge in [-0.2, -0.15) is 4.98 Å². The van der Waals surface area contributed by atoms with Crippen LogP contribution >= 0.6 is 23.4 Å². The van der Waals surface area contributed by atoms with Crippen LogP contribution in [0.4, 0.5) is 11.6 Å². The van der Waals surface area contributed by atoms with Crippen LogP contribution in [0.25, 0.3) is 0 Å². The van der Waals surface area contributed by atoms with Crippen LogP contribution in [0.15, 0.2) is 71.0 Å². The highest BCUT2D eigenvalue weighted by Gasteiger charge is 2.34. The third-order valence-electron chi connectivity index (χ3n) is 4.48. The number of thioether (sulfide) groups is 1. The Kier molecular flexibility index (Phi) is 5.11. The molecule has 0 spiro atoms. The Balaban J connectivity index is 1.79. The predicted molar refractivity (Wildman–Crippen MR) is 113 cm³/mol. The third kappa shape index (κ3) is 3.50. The van der Waals surface area contributed by atoms with Crippen molar-refractivity contribution in [2.45, 2.75) is 18.1 Å². The number of aromatic nitrogens is 3. The summed E-state index contributed by atoms with van der Waals surface area (Å²) in [6.07, 6.45) is 1.92. The number of amides is 1. The second-order valence-electron chi connectivity index (χ2n) is 6.30. The number of hydrogen-bond acceptors (Lipinski definition) is 5. The summed E-state index contributed by atoms with van der Waals surface area (Å²) in [5.41, 5.74) is 2.95. The van der Waals surface area contributed by atoms with Crippen LogP contribution in [0.2, 0.25) is 5.02 Å². The summed E-state index contributed by atoms with van der Waals surface area (Å²) >= 11 is 7.52. The summed E-state index contributed by atoms with van der Waals surface area (Å²) in [4.78, 5) is 17.7. The standard InChI is InChI=1S/C20H18ClN5OS/c1-12-16(18(27)23-15-6-4-3-5-7-15)17(13-8-10-14(21)11-9-13)26-19(22-12)24-20(25-26)28-2/h3-11,17H,1-2H3,(H,23,27)(H,22,24,25)/t17-/m1/s1. The zero-order chi connectivity index (χ0) is 19.7. The molecule has 3 aromatic rings. The molecule has 142 valence electrons. The van der Waals surface area contributed by atoms with Crippen molar-refractivity contribution in [1.82, 2.24) is 14.8 Å². The lowest BCUT2D eigenvalue weighted by Crippen LogP contribution is -2.31. The van der Waals surface area contributed by atoms with Crippen molar-refractivity contribution in [3.8, 4) is 0 Å². The van der Waals surface area contributed by atoms with Gasteiger partial charge < -0.3 is 10.6 Å². The van der Waals surface area contributed by atoms with Crippen LogP contribution in [0.3, 0.4) is 0 Å². The van der Waals surface area contributed by atoms with Crippen molar-refractivity contribution in [2.75, 3.05) is 16.9 Å².